The second-order valence-corrected chi connectivity index (χ2v) is 6.43. The van der Waals surface area contributed by atoms with Crippen LogP contribution in [0.1, 0.15) is 35.2 Å². The van der Waals surface area contributed by atoms with Gasteiger partial charge in [-0.2, -0.15) is 9.78 Å². The first-order valence-corrected chi connectivity index (χ1v) is 9.24. The van der Waals surface area contributed by atoms with Gasteiger partial charge in [0.1, 0.15) is 18.1 Å². The molecule has 3 aromatic rings. The maximum absolute atomic E-state index is 11.9. The second kappa shape index (κ2) is 9.97. The highest BCUT2D eigenvalue weighted by molar-refractivity contribution is 5.99. The molecule has 1 aromatic carbocycles. The number of benzene rings is 1. The van der Waals surface area contributed by atoms with Crippen molar-refractivity contribution in [1.29, 1.82) is 0 Å². The summed E-state index contributed by atoms with van der Waals surface area (Å²) in [5.41, 5.74) is 3.72. The fourth-order valence-electron chi connectivity index (χ4n) is 2.48. The van der Waals surface area contributed by atoms with E-state index in [9.17, 15) is 19.7 Å². The molecule has 13 nitrogen and oxygen atoms in total. The van der Waals surface area contributed by atoms with Gasteiger partial charge in [-0.25, -0.2) is 10.2 Å². The average molecular weight is 442 g/mol. The molecule has 0 radical (unpaired) electrons. The molecule has 0 fully saturated rings. The van der Waals surface area contributed by atoms with Gasteiger partial charge in [-0.3, -0.25) is 4.79 Å². The van der Waals surface area contributed by atoms with Crippen LogP contribution in [0.2, 0.25) is 0 Å². The summed E-state index contributed by atoms with van der Waals surface area (Å²) >= 11 is 0. The van der Waals surface area contributed by atoms with Crippen LogP contribution < -0.4 is 10.2 Å². The molecular formula is C19H18N6O7. The van der Waals surface area contributed by atoms with Gasteiger partial charge in [0.15, 0.2) is 0 Å². The number of hydrogen-bond donors (Lipinski definition) is 2. The lowest BCUT2D eigenvalue weighted by molar-refractivity contribution is -0.394. The van der Waals surface area contributed by atoms with E-state index >= 15 is 0 Å². The predicted molar refractivity (Wildman–Crippen MR) is 108 cm³/mol. The number of ether oxygens (including phenoxy) is 1. The molecule has 0 atom stereocenters. The maximum Gasteiger partial charge on any atom is 0.490 e. The quantitative estimate of drug-likeness (QED) is 0.270. The summed E-state index contributed by atoms with van der Waals surface area (Å²) < 4.78 is 11.9. The van der Waals surface area contributed by atoms with Gasteiger partial charge in [-0.1, -0.05) is 4.98 Å². The van der Waals surface area contributed by atoms with Crippen molar-refractivity contribution in [2.45, 2.75) is 26.5 Å². The second-order valence-electron chi connectivity index (χ2n) is 6.43. The van der Waals surface area contributed by atoms with Crippen molar-refractivity contribution < 1.29 is 28.8 Å². The molecule has 0 spiro atoms. The number of carboxylic acid groups (broad SMARTS) is 1. The van der Waals surface area contributed by atoms with Crippen LogP contribution in [0.4, 0.5) is 5.95 Å². The van der Waals surface area contributed by atoms with E-state index in [0.717, 1.165) is 5.56 Å². The van der Waals surface area contributed by atoms with Crippen LogP contribution in [-0.2, 0) is 17.9 Å². The van der Waals surface area contributed by atoms with E-state index in [-0.39, 0.29) is 31.2 Å². The number of aromatic nitrogens is 3. The number of nitrogens with zero attached hydrogens (tertiary/aromatic N) is 5. The number of hydrogen-bond acceptors (Lipinski definition) is 9. The summed E-state index contributed by atoms with van der Waals surface area (Å²) in [5.74, 6) is -1.30. The Morgan fingerprint density at radius 3 is 2.66 bits per heavy atom. The van der Waals surface area contributed by atoms with E-state index in [1.54, 1.807) is 31.2 Å². The van der Waals surface area contributed by atoms with Gasteiger partial charge >= 0.3 is 11.9 Å². The van der Waals surface area contributed by atoms with Crippen LogP contribution in [0.3, 0.4) is 0 Å². The first-order chi connectivity index (χ1) is 15.3. The van der Waals surface area contributed by atoms with Crippen LogP contribution in [-0.4, -0.2) is 42.4 Å². The molecule has 0 aliphatic carbocycles. The van der Waals surface area contributed by atoms with Gasteiger partial charge < -0.3 is 24.4 Å². The topological polar surface area (TPSA) is 175 Å². The van der Waals surface area contributed by atoms with Crippen molar-refractivity contribution in [3.63, 3.8) is 0 Å². The Morgan fingerprint density at radius 2 is 2.03 bits per heavy atom. The zero-order valence-corrected chi connectivity index (χ0v) is 16.8. The average Bonchev–Trinajstić information content (AvgIpc) is 3.45. The molecule has 1 amide bonds. The molecule has 2 aromatic heterocycles. The largest absolute Gasteiger partial charge is 0.490 e. The van der Waals surface area contributed by atoms with E-state index in [0.29, 0.717) is 17.2 Å². The number of nitrogens with one attached hydrogen (secondary N) is 1. The smallest absolute Gasteiger partial charge is 0.486 e. The molecule has 3 rings (SSSR count). The molecule has 2 N–H and O–H groups in total. The van der Waals surface area contributed by atoms with Crippen molar-refractivity contribution >= 4 is 23.5 Å². The van der Waals surface area contributed by atoms with E-state index in [4.69, 9.17) is 14.3 Å². The van der Waals surface area contributed by atoms with Crippen molar-refractivity contribution in [2.75, 3.05) is 0 Å². The van der Waals surface area contributed by atoms with Crippen molar-refractivity contribution in [3.05, 3.63) is 69.9 Å². The molecule has 0 aliphatic rings. The highest BCUT2D eigenvalue weighted by Gasteiger charge is 2.14. The Bertz CT molecular complexity index is 1150. The Balaban J connectivity index is 1.47. The third-order valence-corrected chi connectivity index (χ3v) is 4.13. The maximum atomic E-state index is 11.9. The molecule has 0 saturated heterocycles. The van der Waals surface area contributed by atoms with Crippen LogP contribution in [0.25, 0.3) is 0 Å². The Kier molecular flexibility index (Phi) is 6.90. The predicted octanol–water partition coefficient (Wildman–Crippen LogP) is 1.99. The number of carbonyl (C=O) groups excluding carboxylic acids is 1. The number of aromatic carboxylic acids is 1. The molecule has 0 unspecified atom stereocenters. The van der Waals surface area contributed by atoms with Gasteiger partial charge in [-0.15, -0.1) is 0 Å². The molecule has 13 heteroatoms. The van der Waals surface area contributed by atoms with E-state index in [1.165, 1.54) is 23.1 Å². The third-order valence-electron chi connectivity index (χ3n) is 4.13. The summed E-state index contributed by atoms with van der Waals surface area (Å²) in [6.07, 6.45) is 1.20. The van der Waals surface area contributed by atoms with Crippen molar-refractivity contribution in [2.24, 2.45) is 5.10 Å². The molecule has 0 saturated carbocycles. The highest BCUT2D eigenvalue weighted by Crippen LogP contribution is 2.16. The van der Waals surface area contributed by atoms with Crippen LogP contribution >= 0.6 is 0 Å². The first kappa shape index (κ1) is 22.1. The third kappa shape index (κ3) is 5.98. The fourth-order valence-corrected chi connectivity index (χ4v) is 2.48. The Hall–Kier alpha value is -4.55. The number of hydrazone groups is 1. The number of carboxylic acids is 1. The summed E-state index contributed by atoms with van der Waals surface area (Å²) in [6.45, 7) is 1.91. The number of amides is 1. The van der Waals surface area contributed by atoms with Crippen LogP contribution in [0, 0.1) is 10.1 Å². The molecule has 0 aliphatic heterocycles. The molecule has 166 valence electrons. The van der Waals surface area contributed by atoms with Crippen LogP contribution in [0.5, 0.6) is 5.75 Å². The van der Waals surface area contributed by atoms with E-state index < -0.39 is 16.8 Å². The minimum absolute atomic E-state index is 0.0143. The minimum Gasteiger partial charge on any atom is -0.486 e. The van der Waals surface area contributed by atoms with Gasteiger partial charge in [-0.05, 0) is 53.8 Å². The minimum atomic E-state index is -1.15. The van der Waals surface area contributed by atoms with Gasteiger partial charge in [0.05, 0.1) is 12.3 Å². The summed E-state index contributed by atoms with van der Waals surface area (Å²) in [5, 5.41) is 27.1. The van der Waals surface area contributed by atoms with Gasteiger partial charge in [0.25, 0.3) is 0 Å². The fraction of sp³-hybridized carbons (Fsp3) is 0.211. The number of nitro groups is 1. The lowest BCUT2D eigenvalue weighted by Crippen LogP contribution is -2.21. The number of furan rings is 1. The number of carbonyl (C=O) groups is 2. The first-order valence-electron chi connectivity index (χ1n) is 9.24. The molecule has 2 heterocycles. The van der Waals surface area contributed by atoms with Crippen LogP contribution in [0.15, 0.2) is 52.2 Å². The highest BCUT2D eigenvalue weighted by atomic mass is 16.6. The zero-order valence-electron chi connectivity index (χ0n) is 16.8. The summed E-state index contributed by atoms with van der Waals surface area (Å²) in [6, 6.07) is 9.79. The monoisotopic (exact) mass is 442 g/mol. The van der Waals surface area contributed by atoms with E-state index in [2.05, 4.69) is 20.6 Å². The SMILES string of the molecule is C/C(=N/NC(=O)CCn1cnc([N+](=O)[O-])n1)c1ccc(OCc2ccc(C(=O)O)o2)cc1. The number of aryl methyl sites for hydroxylation is 1. The van der Waals surface area contributed by atoms with Crippen molar-refractivity contribution in [3.8, 4) is 5.75 Å². The Labute approximate surface area is 180 Å². The lowest BCUT2D eigenvalue weighted by Gasteiger charge is -2.06. The van der Waals surface area contributed by atoms with E-state index in [1.807, 2.05) is 0 Å². The Morgan fingerprint density at radius 1 is 1.28 bits per heavy atom. The van der Waals surface area contributed by atoms with Crippen molar-refractivity contribution in [1.82, 2.24) is 20.2 Å². The van der Waals surface area contributed by atoms with Gasteiger partial charge in [0, 0.05) is 11.5 Å². The summed E-state index contributed by atoms with van der Waals surface area (Å²) in [7, 11) is 0. The molecule has 0 bridgehead atoms. The van der Waals surface area contributed by atoms with Gasteiger partial charge in [0.2, 0.25) is 18.0 Å². The molecule has 32 heavy (non-hydrogen) atoms. The summed E-state index contributed by atoms with van der Waals surface area (Å²) in [4.78, 5) is 36.1. The standard InChI is InChI=1S/C19H18N6O7/c1-12(21-22-17(26)8-9-24-11-20-19(23-24)25(29)30)13-2-4-14(5-3-13)31-10-15-6-7-16(32-15)18(27)28/h2-7,11H,8-10H2,1H3,(H,22,26)(H,27,28)/b21-12-. The normalized spacial score (nSPS) is 11.2. The number of rotatable bonds is 10. The zero-order chi connectivity index (χ0) is 23.1. The lowest BCUT2D eigenvalue weighted by atomic mass is 10.1. The molecular weight excluding hydrogens is 424 g/mol.